The van der Waals surface area contributed by atoms with E-state index in [2.05, 4.69) is 37.2 Å². The lowest BCUT2D eigenvalue weighted by Gasteiger charge is -2.15. The van der Waals surface area contributed by atoms with Gasteiger partial charge in [0.15, 0.2) is 0 Å². The second-order valence-corrected chi connectivity index (χ2v) is 7.58. The molecule has 5 aromatic rings. The van der Waals surface area contributed by atoms with Crippen molar-refractivity contribution in [3.05, 3.63) is 85.3 Å². The Hall–Kier alpha value is -4.85. The molecule has 11 heteroatoms. The number of hydrogen-bond donors (Lipinski definition) is 1. The summed E-state index contributed by atoms with van der Waals surface area (Å²) in [5.41, 5.74) is 5.48. The molecule has 1 unspecified atom stereocenters. The lowest BCUT2D eigenvalue weighted by Crippen LogP contribution is -2.11. The van der Waals surface area contributed by atoms with E-state index in [1.165, 1.54) is 6.33 Å². The molecule has 0 saturated carbocycles. The highest BCUT2D eigenvalue weighted by Gasteiger charge is 2.25. The van der Waals surface area contributed by atoms with Gasteiger partial charge in [0.2, 0.25) is 6.29 Å². The van der Waals surface area contributed by atoms with E-state index in [1.54, 1.807) is 12.4 Å². The molecule has 1 atom stereocenters. The minimum Gasteiger partial charge on any atom is -0.346 e. The molecule has 0 aliphatic rings. The van der Waals surface area contributed by atoms with E-state index >= 15 is 0 Å². The van der Waals surface area contributed by atoms with Crippen molar-refractivity contribution in [3.8, 4) is 28.5 Å². The Morgan fingerprint density at radius 1 is 1.06 bits per heavy atom. The predicted molar refractivity (Wildman–Crippen MR) is 125 cm³/mol. The molecule has 1 aromatic carbocycles. The average Bonchev–Trinajstić information content (AvgIpc) is 3.58. The van der Waals surface area contributed by atoms with Gasteiger partial charge in [0.05, 0.1) is 30.4 Å². The molecule has 5 rings (SSSR count). The van der Waals surface area contributed by atoms with Crippen LogP contribution in [0.4, 0.5) is 13.2 Å². The van der Waals surface area contributed by atoms with Crippen LogP contribution in [0.3, 0.4) is 0 Å². The highest BCUT2D eigenvalue weighted by molar-refractivity contribution is 5.90. The number of pyridine rings is 1. The van der Waals surface area contributed by atoms with Gasteiger partial charge in [-0.1, -0.05) is 30.3 Å². The third-order valence-electron chi connectivity index (χ3n) is 5.22. The first-order valence-electron chi connectivity index (χ1n) is 10.6. The summed E-state index contributed by atoms with van der Waals surface area (Å²) in [6, 6.07) is 16.1. The maximum absolute atomic E-state index is 10.4. The molecule has 0 radical (unpaired) electrons. The van der Waals surface area contributed by atoms with Crippen molar-refractivity contribution in [2.24, 2.45) is 0 Å². The third kappa shape index (κ3) is 5.61. The molecule has 0 aliphatic heterocycles. The minimum atomic E-state index is -4.64. The van der Waals surface area contributed by atoms with Gasteiger partial charge in [-0.2, -0.15) is 23.5 Å². The number of nitriles is 1. The number of benzene rings is 1. The van der Waals surface area contributed by atoms with E-state index < -0.39 is 12.5 Å². The second-order valence-electron chi connectivity index (χ2n) is 7.58. The number of carbonyl (C=O) groups is 1. The molecule has 0 fully saturated rings. The van der Waals surface area contributed by atoms with Gasteiger partial charge in [0.25, 0.3) is 0 Å². The molecule has 0 saturated heterocycles. The number of halogens is 3. The number of H-pyrrole nitrogens is 1. The topological polar surface area (TPSA) is 113 Å². The minimum absolute atomic E-state index is 0.247. The predicted octanol–water partition coefficient (Wildman–Crippen LogP) is 5.13. The van der Waals surface area contributed by atoms with Crippen molar-refractivity contribution in [2.45, 2.75) is 18.6 Å². The molecule has 4 heterocycles. The molecule has 8 nitrogen and oxygen atoms in total. The van der Waals surface area contributed by atoms with Crippen LogP contribution in [0.25, 0.3) is 33.4 Å². The molecule has 4 aromatic heterocycles. The van der Waals surface area contributed by atoms with Gasteiger partial charge in [0, 0.05) is 41.3 Å². The number of aromatic amines is 1. The number of fused-ring (bicyclic) bond motifs is 1. The maximum atomic E-state index is 10.4. The summed E-state index contributed by atoms with van der Waals surface area (Å²) < 4.78 is 33.1. The monoisotopic (exact) mass is 489 g/mol. The van der Waals surface area contributed by atoms with Crippen molar-refractivity contribution in [3.63, 3.8) is 0 Å². The van der Waals surface area contributed by atoms with Crippen LogP contribution < -0.4 is 0 Å². The molecule has 0 amide bonds. The molecular weight excluding hydrogens is 471 g/mol. The van der Waals surface area contributed by atoms with Crippen molar-refractivity contribution < 1.29 is 18.0 Å². The maximum Gasteiger partial charge on any atom is 0.446 e. The van der Waals surface area contributed by atoms with Gasteiger partial charge in [-0.3, -0.25) is 14.5 Å². The van der Waals surface area contributed by atoms with Crippen LogP contribution in [-0.2, 0) is 4.79 Å². The summed E-state index contributed by atoms with van der Waals surface area (Å²) in [6.45, 7) is 0. The van der Waals surface area contributed by atoms with Crippen LogP contribution >= 0.6 is 0 Å². The number of aromatic nitrogens is 6. The Labute approximate surface area is 203 Å². The molecule has 180 valence electrons. The van der Waals surface area contributed by atoms with Crippen LogP contribution in [0.15, 0.2) is 79.8 Å². The van der Waals surface area contributed by atoms with Crippen LogP contribution in [0, 0.1) is 11.3 Å². The van der Waals surface area contributed by atoms with E-state index in [0.29, 0.717) is 0 Å². The van der Waals surface area contributed by atoms with Crippen molar-refractivity contribution >= 4 is 17.3 Å². The van der Waals surface area contributed by atoms with Crippen LogP contribution in [-0.4, -0.2) is 42.2 Å². The molecule has 0 aliphatic carbocycles. The SMILES string of the molecule is N#CCC(c1cncc(-c2ccccc2)c1)n1cc(-c2ncnc3[nH]ccc23)cn1.O=CC(F)(F)F. The number of alkyl halides is 3. The normalized spacial score (nSPS) is 11.8. The fourth-order valence-corrected chi connectivity index (χ4v) is 3.61. The second kappa shape index (κ2) is 10.6. The van der Waals surface area contributed by atoms with Gasteiger partial charge in [0.1, 0.15) is 12.0 Å². The summed E-state index contributed by atoms with van der Waals surface area (Å²) in [7, 11) is 0. The van der Waals surface area contributed by atoms with E-state index in [1.807, 2.05) is 59.7 Å². The highest BCUT2D eigenvalue weighted by atomic mass is 19.4. The molecule has 36 heavy (non-hydrogen) atoms. The van der Waals surface area contributed by atoms with Crippen molar-refractivity contribution in [1.82, 2.24) is 29.7 Å². The summed E-state index contributed by atoms with van der Waals surface area (Å²) >= 11 is 0. The Morgan fingerprint density at radius 3 is 2.56 bits per heavy atom. The Kier molecular flexibility index (Phi) is 7.15. The molecular formula is C25H18F3N7O. The first-order valence-corrected chi connectivity index (χ1v) is 10.6. The Morgan fingerprint density at radius 2 is 1.83 bits per heavy atom. The Bertz CT molecular complexity index is 1500. The van der Waals surface area contributed by atoms with E-state index in [4.69, 9.17) is 4.79 Å². The number of aldehydes is 1. The molecule has 1 N–H and O–H groups in total. The number of hydrogen-bond acceptors (Lipinski definition) is 6. The van der Waals surface area contributed by atoms with Gasteiger partial charge >= 0.3 is 6.18 Å². The number of nitrogens with one attached hydrogen (secondary N) is 1. The first-order chi connectivity index (χ1) is 17.4. The van der Waals surface area contributed by atoms with Gasteiger partial charge in [-0.05, 0) is 23.3 Å². The summed E-state index contributed by atoms with van der Waals surface area (Å²) in [6.07, 6.45) is 5.28. The smallest absolute Gasteiger partial charge is 0.346 e. The highest BCUT2D eigenvalue weighted by Crippen LogP contribution is 2.29. The number of rotatable bonds is 5. The zero-order chi connectivity index (χ0) is 25.5. The van der Waals surface area contributed by atoms with Gasteiger partial charge in [-0.15, -0.1) is 0 Å². The molecule has 0 spiro atoms. The fraction of sp³-hybridized carbons (Fsp3) is 0.120. The quantitative estimate of drug-likeness (QED) is 0.342. The number of carbonyl (C=O) groups excluding carboxylic acids is 1. The van der Waals surface area contributed by atoms with Crippen LogP contribution in [0.1, 0.15) is 18.0 Å². The Balaban J connectivity index is 0.000000455. The third-order valence-corrected chi connectivity index (χ3v) is 5.22. The van der Waals surface area contributed by atoms with Crippen molar-refractivity contribution in [1.29, 1.82) is 5.26 Å². The lowest BCUT2D eigenvalue weighted by molar-refractivity contribution is -0.156. The van der Waals surface area contributed by atoms with Crippen LogP contribution in [0.5, 0.6) is 0 Å². The summed E-state index contributed by atoms with van der Waals surface area (Å²) in [4.78, 5) is 24.9. The van der Waals surface area contributed by atoms with Crippen LogP contribution in [0.2, 0.25) is 0 Å². The zero-order valence-corrected chi connectivity index (χ0v) is 18.6. The van der Waals surface area contributed by atoms with Gasteiger partial charge < -0.3 is 4.98 Å². The lowest BCUT2D eigenvalue weighted by atomic mass is 10.0. The summed E-state index contributed by atoms with van der Waals surface area (Å²) in [5.74, 6) is 0. The van der Waals surface area contributed by atoms with Crippen molar-refractivity contribution in [2.75, 3.05) is 0 Å². The van der Waals surface area contributed by atoms with E-state index in [9.17, 15) is 18.4 Å². The van der Waals surface area contributed by atoms with E-state index in [-0.39, 0.29) is 12.5 Å². The molecule has 0 bridgehead atoms. The number of nitrogens with zero attached hydrogens (tertiary/aromatic N) is 6. The largest absolute Gasteiger partial charge is 0.446 e. The van der Waals surface area contributed by atoms with Gasteiger partial charge in [-0.25, -0.2) is 9.97 Å². The zero-order valence-electron chi connectivity index (χ0n) is 18.6. The average molecular weight is 489 g/mol. The van der Waals surface area contributed by atoms with E-state index in [0.717, 1.165) is 39.0 Å². The summed E-state index contributed by atoms with van der Waals surface area (Å²) in [5, 5.41) is 14.9. The standard InChI is InChI=1S/C23H17N7.C2HF3O/c24-8-6-21(18-10-17(11-25-12-18)16-4-2-1-3-5-16)30-14-19(13-29-30)22-20-7-9-26-23(20)28-15-27-22;3-2(4,5)1-6/h1-5,7,9-15,21H,6H2,(H,26,27,28);1H. The fourth-order valence-electron chi connectivity index (χ4n) is 3.61. The first kappa shape index (κ1) is 24.3.